The summed E-state index contributed by atoms with van der Waals surface area (Å²) in [5.74, 6) is -0.236. The molecule has 3 amide bonds. The summed E-state index contributed by atoms with van der Waals surface area (Å²) < 4.78 is 1.65. The summed E-state index contributed by atoms with van der Waals surface area (Å²) in [6, 6.07) is 16.4. The van der Waals surface area contributed by atoms with Crippen molar-refractivity contribution >= 4 is 67.5 Å². The van der Waals surface area contributed by atoms with E-state index < -0.39 is 0 Å². The van der Waals surface area contributed by atoms with E-state index in [2.05, 4.69) is 4.98 Å². The van der Waals surface area contributed by atoms with Crippen molar-refractivity contribution in [1.82, 2.24) is 9.88 Å². The maximum atomic E-state index is 13.3. The van der Waals surface area contributed by atoms with Crippen molar-refractivity contribution in [2.45, 2.75) is 18.2 Å². The Morgan fingerprint density at radius 1 is 1.00 bits per heavy atom. The summed E-state index contributed by atoms with van der Waals surface area (Å²) in [6.45, 7) is 5.31. The second-order valence-electron chi connectivity index (χ2n) is 7.64. The molecule has 0 saturated heterocycles. The highest BCUT2D eigenvalue weighted by Gasteiger charge is 2.34. The van der Waals surface area contributed by atoms with Crippen molar-refractivity contribution in [2.24, 2.45) is 0 Å². The van der Waals surface area contributed by atoms with Crippen LogP contribution < -0.4 is 4.90 Å². The van der Waals surface area contributed by atoms with Gasteiger partial charge in [0.2, 0.25) is 5.91 Å². The highest BCUT2D eigenvalue weighted by atomic mass is 32.2. The number of rotatable bonds is 6. The molecule has 8 heteroatoms. The van der Waals surface area contributed by atoms with Crippen LogP contribution in [0.4, 0.5) is 5.69 Å². The second-order valence-corrected chi connectivity index (χ2v) is 9.89. The van der Waals surface area contributed by atoms with E-state index in [1.807, 2.05) is 50.2 Å². The lowest BCUT2D eigenvalue weighted by Crippen LogP contribution is -2.40. The molecule has 2 heterocycles. The number of carbonyl (C=O) groups is 3. The number of nitrogens with zero attached hydrogens (tertiary/aromatic N) is 3. The first kappa shape index (κ1) is 21.6. The van der Waals surface area contributed by atoms with Gasteiger partial charge in [0.1, 0.15) is 0 Å². The lowest BCUT2D eigenvalue weighted by atomic mass is 9.94. The number of hydrogen-bond acceptors (Lipinski definition) is 6. The van der Waals surface area contributed by atoms with E-state index in [-0.39, 0.29) is 17.7 Å². The smallest absolute Gasteiger partial charge is 0.265 e. The molecule has 1 aromatic heterocycles. The SMILES string of the molecule is CCN(CC)C(=O)CSc1nc2ccc(N3C(=O)c4cccc5cccc(c45)C3=O)cc2s1. The zero-order valence-corrected chi connectivity index (χ0v) is 19.8. The summed E-state index contributed by atoms with van der Waals surface area (Å²) in [5.41, 5.74) is 2.35. The quantitative estimate of drug-likeness (QED) is 0.283. The molecule has 1 aliphatic rings. The monoisotopic (exact) mass is 475 g/mol. The normalized spacial score (nSPS) is 13.2. The second kappa shape index (κ2) is 8.61. The number of hydrogen-bond donors (Lipinski definition) is 0. The third kappa shape index (κ3) is 3.69. The van der Waals surface area contributed by atoms with E-state index in [0.29, 0.717) is 41.0 Å². The molecule has 33 heavy (non-hydrogen) atoms. The molecule has 166 valence electrons. The van der Waals surface area contributed by atoms with Crippen molar-refractivity contribution in [3.8, 4) is 0 Å². The number of imide groups is 1. The van der Waals surface area contributed by atoms with E-state index in [0.717, 1.165) is 19.9 Å². The van der Waals surface area contributed by atoms with E-state index in [1.54, 1.807) is 23.1 Å². The summed E-state index contributed by atoms with van der Waals surface area (Å²) >= 11 is 2.87. The van der Waals surface area contributed by atoms with Gasteiger partial charge in [0.25, 0.3) is 11.8 Å². The summed E-state index contributed by atoms with van der Waals surface area (Å²) in [4.78, 5) is 46.6. The molecule has 0 aliphatic carbocycles. The molecule has 1 aliphatic heterocycles. The maximum absolute atomic E-state index is 13.3. The Kier molecular flexibility index (Phi) is 5.64. The molecule has 6 nitrogen and oxygen atoms in total. The Labute approximate surface area is 199 Å². The van der Waals surface area contributed by atoms with E-state index >= 15 is 0 Å². The van der Waals surface area contributed by atoms with Crippen molar-refractivity contribution in [2.75, 3.05) is 23.7 Å². The molecule has 4 aromatic rings. The number of amides is 3. The van der Waals surface area contributed by atoms with Gasteiger partial charge in [-0.05, 0) is 49.6 Å². The van der Waals surface area contributed by atoms with Crippen LogP contribution in [0.5, 0.6) is 0 Å². The Morgan fingerprint density at radius 3 is 2.30 bits per heavy atom. The average molecular weight is 476 g/mol. The number of anilines is 1. The van der Waals surface area contributed by atoms with Gasteiger partial charge in [0, 0.05) is 29.6 Å². The van der Waals surface area contributed by atoms with Crippen molar-refractivity contribution in [1.29, 1.82) is 0 Å². The van der Waals surface area contributed by atoms with Crippen LogP contribution in [-0.2, 0) is 4.79 Å². The number of benzene rings is 3. The largest absolute Gasteiger partial charge is 0.343 e. The van der Waals surface area contributed by atoms with Crippen molar-refractivity contribution < 1.29 is 14.4 Å². The molecular formula is C25H21N3O3S2. The predicted octanol–water partition coefficient (Wildman–Crippen LogP) is 5.21. The van der Waals surface area contributed by atoms with Crippen LogP contribution in [0.15, 0.2) is 58.9 Å². The van der Waals surface area contributed by atoms with Crippen LogP contribution in [0.25, 0.3) is 21.0 Å². The average Bonchev–Trinajstić information content (AvgIpc) is 3.24. The van der Waals surface area contributed by atoms with Gasteiger partial charge in [0.15, 0.2) is 4.34 Å². The molecule has 0 fully saturated rings. The number of thioether (sulfide) groups is 1. The maximum Gasteiger partial charge on any atom is 0.265 e. The van der Waals surface area contributed by atoms with Gasteiger partial charge in [-0.1, -0.05) is 36.0 Å². The van der Waals surface area contributed by atoms with Crippen LogP contribution in [0.2, 0.25) is 0 Å². The third-order valence-corrected chi connectivity index (χ3v) is 7.96. The highest BCUT2D eigenvalue weighted by Crippen LogP contribution is 2.36. The van der Waals surface area contributed by atoms with Gasteiger partial charge in [-0.15, -0.1) is 11.3 Å². The lowest BCUT2D eigenvalue weighted by molar-refractivity contribution is -0.127. The van der Waals surface area contributed by atoms with Crippen LogP contribution in [0.1, 0.15) is 34.6 Å². The first-order valence-electron chi connectivity index (χ1n) is 10.7. The molecule has 0 unspecified atom stereocenters. The minimum atomic E-state index is -0.326. The molecule has 5 rings (SSSR count). The molecular weight excluding hydrogens is 454 g/mol. The van der Waals surface area contributed by atoms with Gasteiger partial charge in [0.05, 0.1) is 21.7 Å². The fourth-order valence-electron chi connectivity index (χ4n) is 4.15. The van der Waals surface area contributed by atoms with Crippen molar-refractivity contribution in [3.63, 3.8) is 0 Å². The van der Waals surface area contributed by atoms with E-state index in [4.69, 9.17) is 0 Å². The van der Waals surface area contributed by atoms with Gasteiger partial charge < -0.3 is 4.90 Å². The minimum Gasteiger partial charge on any atom is -0.343 e. The Bertz CT molecular complexity index is 1370. The zero-order chi connectivity index (χ0) is 23.1. The minimum absolute atomic E-state index is 0.0855. The molecule has 0 atom stereocenters. The zero-order valence-electron chi connectivity index (χ0n) is 18.2. The van der Waals surface area contributed by atoms with E-state index in [9.17, 15) is 14.4 Å². The standard InChI is InChI=1S/C25H21N3O3S2/c1-3-27(4-2)21(29)14-32-25-26-19-12-11-16(13-20(19)33-25)28-23(30)17-9-5-7-15-8-6-10-18(22(15)17)24(28)31/h5-13H,3-4,14H2,1-2H3. The van der Waals surface area contributed by atoms with Crippen LogP contribution in [-0.4, -0.2) is 46.4 Å². The first-order valence-corrected chi connectivity index (χ1v) is 12.5. The number of thiazole rings is 1. The number of carbonyl (C=O) groups excluding carboxylic acids is 3. The molecule has 3 aromatic carbocycles. The number of fused-ring (bicyclic) bond motifs is 1. The van der Waals surface area contributed by atoms with E-state index in [1.165, 1.54) is 28.0 Å². The molecule has 0 bridgehead atoms. The summed E-state index contributed by atoms with van der Waals surface area (Å²) in [6.07, 6.45) is 0. The van der Waals surface area contributed by atoms with Gasteiger partial charge in [-0.3, -0.25) is 14.4 Å². The fourth-order valence-corrected chi connectivity index (χ4v) is 6.15. The first-order chi connectivity index (χ1) is 16.0. The highest BCUT2D eigenvalue weighted by molar-refractivity contribution is 8.01. The topological polar surface area (TPSA) is 70.6 Å². The Hall–Kier alpha value is -3.23. The van der Waals surface area contributed by atoms with Crippen molar-refractivity contribution in [3.05, 3.63) is 65.7 Å². The molecule has 0 saturated carbocycles. The lowest BCUT2D eigenvalue weighted by Gasteiger charge is -2.27. The molecule has 0 radical (unpaired) electrons. The predicted molar refractivity (Wildman–Crippen MR) is 133 cm³/mol. The van der Waals surface area contributed by atoms with Gasteiger partial charge in [-0.2, -0.15) is 0 Å². The Balaban J connectivity index is 1.45. The summed E-state index contributed by atoms with van der Waals surface area (Å²) in [5, 5.41) is 1.59. The Morgan fingerprint density at radius 2 is 1.67 bits per heavy atom. The van der Waals surface area contributed by atoms with Gasteiger partial charge in [-0.25, -0.2) is 9.88 Å². The summed E-state index contributed by atoms with van der Waals surface area (Å²) in [7, 11) is 0. The third-order valence-electron chi connectivity index (χ3n) is 5.82. The number of aromatic nitrogens is 1. The van der Waals surface area contributed by atoms with Crippen LogP contribution in [0.3, 0.4) is 0 Å². The van der Waals surface area contributed by atoms with Crippen LogP contribution >= 0.6 is 23.1 Å². The molecule has 0 N–H and O–H groups in total. The molecule has 0 spiro atoms. The van der Waals surface area contributed by atoms with Crippen LogP contribution in [0, 0.1) is 0 Å². The fraction of sp³-hybridized carbons (Fsp3) is 0.200. The van der Waals surface area contributed by atoms with Gasteiger partial charge >= 0.3 is 0 Å².